The van der Waals surface area contributed by atoms with Gasteiger partial charge in [-0.3, -0.25) is 4.79 Å². The number of amides is 1. The van der Waals surface area contributed by atoms with Gasteiger partial charge < -0.3 is 10.3 Å². The van der Waals surface area contributed by atoms with Crippen LogP contribution >= 0.6 is 11.3 Å². The van der Waals surface area contributed by atoms with E-state index in [1.165, 1.54) is 12.1 Å². The lowest BCUT2D eigenvalue weighted by Crippen LogP contribution is -2.28. The van der Waals surface area contributed by atoms with Gasteiger partial charge >= 0.3 is 6.18 Å². The molecule has 0 spiro atoms. The third kappa shape index (κ3) is 4.05. The number of thiophene rings is 1. The molecule has 0 bridgehead atoms. The molecule has 0 saturated heterocycles. The lowest BCUT2D eigenvalue weighted by molar-refractivity contribution is -0.137. The molecule has 4 aromatic rings. The molecule has 4 rings (SSSR count). The lowest BCUT2D eigenvalue weighted by Gasteiger charge is -2.16. The zero-order valence-electron chi connectivity index (χ0n) is 15.2. The number of rotatable bonds is 5. The van der Waals surface area contributed by atoms with Crippen molar-refractivity contribution in [1.82, 2.24) is 10.3 Å². The Morgan fingerprint density at radius 1 is 1.03 bits per heavy atom. The Morgan fingerprint density at radius 2 is 1.79 bits per heavy atom. The van der Waals surface area contributed by atoms with Crippen LogP contribution in [0.5, 0.6) is 0 Å². The maximum atomic E-state index is 12.7. The number of carbonyl (C=O) groups excluding carboxylic acids is 1. The maximum absolute atomic E-state index is 12.7. The van der Waals surface area contributed by atoms with Crippen LogP contribution in [0.1, 0.15) is 32.3 Å². The molecule has 1 atom stereocenters. The summed E-state index contributed by atoms with van der Waals surface area (Å²) in [6.07, 6.45) is -2.48. The number of nitrogens with one attached hydrogen (secondary N) is 2. The highest BCUT2D eigenvalue weighted by Crippen LogP contribution is 2.33. The van der Waals surface area contributed by atoms with Crippen molar-refractivity contribution >= 4 is 28.1 Å². The van der Waals surface area contributed by atoms with E-state index in [0.717, 1.165) is 33.5 Å². The number of halogens is 3. The number of fused-ring (bicyclic) bond motifs is 1. The minimum absolute atomic E-state index is 0.0652. The summed E-state index contributed by atoms with van der Waals surface area (Å²) in [5.41, 5.74) is 1.50. The molecular formula is C22H17F3N2OS. The number of hydrogen-bond acceptors (Lipinski definition) is 2. The van der Waals surface area contributed by atoms with Crippen molar-refractivity contribution in [2.75, 3.05) is 6.54 Å². The summed E-state index contributed by atoms with van der Waals surface area (Å²) in [6, 6.07) is 16.2. The average molecular weight is 414 g/mol. The van der Waals surface area contributed by atoms with Gasteiger partial charge in [0.25, 0.3) is 5.91 Å². The molecular weight excluding hydrogens is 397 g/mol. The van der Waals surface area contributed by atoms with Gasteiger partial charge in [0.05, 0.1) is 5.56 Å². The lowest BCUT2D eigenvalue weighted by atomic mass is 9.96. The van der Waals surface area contributed by atoms with E-state index in [4.69, 9.17) is 0 Å². The van der Waals surface area contributed by atoms with Crippen LogP contribution in [0.2, 0.25) is 0 Å². The van der Waals surface area contributed by atoms with Crippen molar-refractivity contribution in [3.63, 3.8) is 0 Å². The van der Waals surface area contributed by atoms with E-state index in [1.54, 1.807) is 11.3 Å². The van der Waals surface area contributed by atoms with Crippen LogP contribution in [-0.4, -0.2) is 17.4 Å². The molecule has 2 aromatic carbocycles. The van der Waals surface area contributed by atoms with Crippen molar-refractivity contribution < 1.29 is 18.0 Å². The van der Waals surface area contributed by atoms with E-state index in [1.807, 2.05) is 48.0 Å². The summed E-state index contributed by atoms with van der Waals surface area (Å²) >= 11 is 1.60. The molecule has 2 aromatic heterocycles. The number of H-pyrrole nitrogens is 1. The first-order chi connectivity index (χ1) is 13.9. The molecule has 0 radical (unpaired) electrons. The summed E-state index contributed by atoms with van der Waals surface area (Å²) in [4.78, 5) is 16.9. The van der Waals surface area contributed by atoms with Gasteiger partial charge in [-0.1, -0.05) is 24.3 Å². The molecule has 0 fully saturated rings. The van der Waals surface area contributed by atoms with Crippen LogP contribution in [0.15, 0.2) is 72.2 Å². The Kier molecular flexibility index (Phi) is 5.15. The number of alkyl halides is 3. The van der Waals surface area contributed by atoms with E-state index in [2.05, 4.69) is 10.3 Å². The second kappa shape index (κ2) is 7.75. The van der Waals surface area contributed by atoms with Crippen LogP contribution in [0.3, 0.4) is 0 Å². The predicted molar refractivity (Wildman–Crippen MR) is 108 cm³/mol. The zero-order chi connectivity index (χ0) is 20.4. The highest BCUT2D eigenvalue weighted by molar-refractivity contribution is 7.10. The van der Waals surface area contributed by atoms with Gasteiger partial charge in [-0.2, -0.15) is 13.2 Å². The van der Waals surface area contributed by atoms with E-state index in [9.17, 15) is 18.0 Å². The van der Waals surface area contributed by atoms with E-state index < -0.39 is 17.6 Å². The van der Waals surface area contributed by atoms with Crippen molar-refractivity contribution in [1.29, 1.82) is 0 Å². The Morgan fingerprint density at radius 3 is 2.48 bits per heavy atom. The number of para-hydroxylation sites is 1. The fourth-order valence-electron chi connectivity index (χ4n) is 3.34. The molecule has 0 unspecified atom stereocenters. The molecule has 3 nitrogen and oxygen atoms in total. The number of benzene rings is 2. The molecule has 2 heterocycles. The summed E-state index contributed by atoms with van der Waals surface area (Å²) in [5.74, 6) is -0.468. The highest BCUT2D eigenvalue weighted by atomic mass is 32.1. The van der Waals surface area contributed by atoms with Gasteiger partial charge in [0.15, 0.2) is 0 Å². The van der Waals surface area contributed by atoms with Crippen LogP contribution in [0.25, 0.3) is 10.9 Å². The quantitative estimate of drug-likeness (QED) is 0.425. The number of carbonyl (C=O) groups is 1. The summed E-state index contributed by atoms with van der Waals surface area (Å²) < 4.78 is 38.1. The standard InChI is InChI=1S/C22H17F3N2OS/c23-22(24,25)15-9-7-14(8-10-15)21(28)27-13-18(20-6-3-11-29-20)17-12-26-19-5-2-1-4-16(17)19/h1-12,18,26H,13H2,(H,27,28)/t18-/m1/s1. The van der Waals surface area contributed by atoms with Crippen LogP contribution < -0.4 is 5.32 Å². The van der Waals surface area contributed by atoms with Crippen LogP contribution in [0, 0.1) is 0 Å². The SMILES string of the molecule is O=C(NC[C@@H](c1cccs1)c1c[nH]c2ccccc12)c1ccc(C(F)(F)F)cc1. The molecule has 0 aliphatic heterocycles. The van der Waals surface area contributed by atoms with Gasteiger partial charge in [0.1, 0.15) is 0 Å². The first-order valence-electron chi connectivity index (χ1n) is 8.98. The number of aromatic amines is 1. The predicted octanol–water partition coefficient (Wildman–Crippen LogP) is 5.81. The normalized spacial score (nSPS) is 12.8. The Labute approximate surface area is 169 Å². The summed E-state index contributed by atoms with van der Waals surface area (Å²) in [6.45, 7) is 0.336. The minimum atomic E-state index is -4.42. The Bertz CT molecular complexity index is 1120. The second-order valence-corrected chi connectivity index (χ2v) is 7.62. The number of aromatic nitrogens is 1. The third-order valence-electron chi connectivity index (χ3n) is 4.82. The summed E-state index contributed by atoms with van der Waals surface area (Å²) in [5, 5.41) is 5.93. The van der Waals surface area contributed by atoms with Crippen LogP contribution in [0.4, 0.5) is 13.2 Å². The molecule has 0 saturated carbocycles. The molecule has 148 valence electrons. The maximum Gasteiger partial charge on any atom is 0.416 e. The minimum Gasteiger partial charge on any atom is -0.361 e. The molecule has 29 heavy (non-hydrogen) atoms. The summed E-state index contributed by atoms with van der Waals surface area (Å²) in [7, 11) is 0. The fraction of sp³-hybridized carbons (Fsp3) is 0.136. The molecule has 0 aliphatic carbocycles. The first-order valence-corrected chi connectivity index (χ1v) is 9.86. The van der Waals surface area contributed by atoms with Gasteiger partial charge in [0.2, 0.25) is 0 Å². The molecule has 0 aliphatic rings. The molecule has 7 heteroatoms. The second-order valence-electron chi connectivity index (χ2n) is 6.64. The molecule has 2 N–H and O–H groups in total. The highest BCUT2D eigenvalue weighted by Gasteiger charge is 2.30. The monoisotopic (exact) mass is 414 g/mol. The average Bonchev–Trinajstić information content (AvgIpc) is 3.38. The Hall–Kier alpha value is -3.06. The third-order valence-corrected chi connectivity index (χ3v) is 5.81. The van der Waals surface area contributed by atoms with E-state index in [-0.39, 0.29) is 11.5 Å². The van der Waals surface area contributed by atoms with Gasteiger partial charge in [-0.25, -0.2) is 0 Å². The Balaban J connectivity index is 1.55. The first kappa shape index (κ1) is 19.3. The van der Waals surface area contributed by atoms with Gasteiger partial charge in [-0.05, 0) is 47.3 Å². The zero-order valence-corrected chi connectivity index (χ0v) is 16.0. The van der Waals surface area contributed by atoms with Crippen molar-refractivity contribution in [2.45, 2.75) is 12.1 Å². The van der Waals surface area contributed by atoms with Crippen LogP contribution in [-0.2, 0) is 6.18 Å². The van der Waals surface area contributed by atoms with E-state index >= 15 is 0 Å². The largest absolute Gasteiger partial charge is 0.416 e. The van der Waals surface area contributed by atoms with Gasteiger partial charge in [-0.15, -0.1) is 11.3 Å². The fourth-order valence-corrected chi connectivity index (χ4v) is 4.19. The van der Waals surface area contributed by atoms with Gasteiger partial charge in [0, 0.05) is 40.0 Å². The number of hydrogen-bond donors (Lipinski definition) is 2. The smallest absolute Gasteiger partial charge is 0.361 e. The van der Waals surface area contributed by atoms with Crippen molar-refractivity contribution in [3.8, 4) is 0 Å². The van der Waals surface area contributed by atoms with E-state index in [0.29, 0.717) is 6.54 Å². The van der Waals surface area contributed by atoms with Crippen molar-refractivity contribution in [2.24, 2.45) is 0 Å². The molecule has 1 amide bonds. The van der Waals surface area contributed by atoms with Crippen molar-refractivity contribution in [3.05, 3.63) is 93.8 Å². The topological polar surface area (TPSA) is 44.9 Å².